The third kappa shape index (κ3) is 3.43. The highest BCUT2D eigenvalue weighted by molar-refractivity contribution is 5.80. The van der Waals surface area contributed by atoms with Gasteiger partial charge in [0.15, 0.2) is 0 Å². The lowest BCUT2D eigenvalue weighted by Crippen LogP contribution is -2.36. The smallest absolute Gasteiger partial charge is 0.208 e. The molecule has 0 bridgehead atoms. The van der Waals surface area contributed by atoms with E-state index in [4.69, 9.17) is 16.3 Å². The summed E-state index contributed by atoms with van der Waals surface area (Å²) in [7, 11) is 0. The highest BCUT2D eigenvalue weighted by Gasteiger charge is 2.03. The Labute approximate surface area is 95.5 Å². The van der Waals surface area contributed by atoms with E-state index in [9.17, 15) is 0 Å². The molecule has 0 amide bonds. The molecule has 0 radical (unpaired) electrons. The molecule has 0 saturated heterocycles. The second-order valence-corrected chi connectivity index (χ2v) is 3.76. The summed E-state index contributed by atoms with van der Waals surface area (Å²) in [6.45, 7) is 5.94. The van der Waals surface area contributed by atoms with Crippen molar-refractivity contribution >= 4 is 11.6 Å². The summed E-state index contributed by atoms with van der Waals surface area (Å²) in [6, 6.07) is 5.59. The molecule has 5 heteroatoms. The first-order valence-corrected chi connectivity index (χ1v) is 5.11. The van der Waals surface area contributed by atoms with E-state index in [1.54, 1.807) is 0 Å². The number of aryl methyl sites for hydroxylation is 1. The summed E-state index contributed by atoms with van der Waals surface area (Å²) < 4.78 is 5.61. The maximum absolute atomic E-state index is 5.61. The maximum Gasteiger partial charge on any atom is 0.208 e. The van der Waals surface area contributed by atoms with Crippen molar-refractivity contribution in [1.82, 2.24) is 5.43 Å². The van der Waals surface area contributed by atoms with Crippen molar-refractivity contribution in [3.05, 3.63) is 23.8 Å². The van der Waals surface area contributed by atoms with E-state index in [0.717, 1.165) is 17.0 Å². The number of rotatable bonds is 3. The van der Waals surface area contributed by atoms with Crippen LogP contribution < -0.4 is 21.7 Å². The Morgan fingerprint density at radius 2 is 2.12 bits per heavy atom. The van der Waals surface area contributed by atoms with Crippen LogP contribution in [0.3, 0.4) is 0 Å². The van der Waals surface area contributed by atoms with Gasteiger partial charge in [0, 0.05) is 0 Å². The van der Waals surface area contributed by atoms with Crippen LogP contribution in [-0.4, -0.2) is 12.1 Å². The molecule has 0 aliphatic heterocycles. The number of guanidine groups is 1. The molecule has 5 N–H and O–H groups in total. The van der Waals surface area contributed by atoms with Crippen molar-refractivity contribution in [1.29, 1.82) is 0 Å². The number of aliphatic imine (C=N–C) groups is 1. The van der Waals surface area contributed by atoms with Gasteiger partial charge in [-0.15, -0.1) is 0 Å². The van der Waals surface area contributed by atoms with Gasteiger partial charge in [-0.05, 0) is 44.5 Å². The van der Waals surface area contributed by atoms with Crippen molar-refractivity contribution < 1.29 is 4.74 Å². The minimum absolute atomic E-state index is 0.156. The first-order chi connectivity index (χ1) is 7.52. The molecule has 0 saturated carbocycles. The van der Waals surface area contributed by atoms with Crippen molar-refractivity contribution in [3.63, 3.8) is 0 Å². The molecule has 5 nitrogen and oxygen atoms in total. The summed E-state index contributed by atoms with van der Waals surface area (Å²) in [5.74, 6) is 6.16. The highest BCUT2D eigenvalue weighted by Crippen LogP contribution is 2.24. The molecular weight excluding hydrogens is 204 g/mol. The summed E-state index contributed by atoms with van der Waals surface area (Å²) in [6.07, 6.45) is 0.156. The lowest BCUT2D eigenvalue weighted by Gasteiger charge is -2.12. The van der Waals surface area contributed by atoms with Crippen LogP contribution in [0.15, 0.2) is 23.2 Å². The Hall–Kier alpha value is -1.75. The first-order valence-electron chi connectivity index (χ1n) is 5.11. The van der Waals surface area contributed by atoms with Gasteiger partial charge in [-0.25, -0.2) is 10.8 Å². The van der Waals surface area contributed by atoms with Gasteiger partial charge in [-0.3, -0.25) is 5.43 Å². The second kappa shape index (κ2) is 5.37. The van der Waals surface area contributed by atoms with Gasteiger partial charge in [0.2, 0.25) is 5.96 Å². The number of nitrogens with two attached hydrogens (primary N) is 2. The molecule has 1 rings (SSSR count). The molecular formula is C11H18N4O. The van der Waals surface area contributed by atoms with Gasteiger partial charge in [0.25, 0.3) is 0 Å². The zero-order valence-corrected chi connectivity index (χ0v) is 9.82. The van der Waals surface area contributed by atoms with Crippen LogP contribution in [0, 0.1) is 6.92 Å². The largest absolute Gasteiger partial charge is 0.491 e. The zero-order chi connectivity index (χ0) is 12.1. The number of ether oxygens (including phenoxy) is 1. The Balaban J connectivity index is 2.91. The average molecular weight is 222 g/mol. The topological polar surface area (TPSA) is 85.7 Å². The van der Waals surface area contributed by atoms with Gasteiger partial charge in [0.05, 0.1) is 11.8 Å². The zero-order valence-electron chi connectivity index (χ0n) is 9.82. The summed E-state index contributed by atoms with van der Waals surface area (Å²) in [5.41, 5.74) is 9.49. The van der Waals surface area contributed by atoms with E-state index in [2.05, 4.69) is 10.4 Å². The molecule has 16 heavy (non-hydrogen) atoms. The Kier molecular flexibility index (Phi) is 4.13. The van der Waals surface area contributed by atoms with Crippen molar-refractivity contribution in [2.75, 3.05) is 0 Å². The van der Waals surface area contributed by atoms with Gasteiger partial charge >= 0.3 is 0 Å². The summed E-state index contributed by atoms with van der Waals surface area (Å²) in [5, 5.41) is 0. The van der Waals surface area contributed by atoms with E-state index >= 15 is 0 Å². The minimum Gasteiger partial charge on any atom is -0.491 e. The Morgan fingerprint density at radius 1 is 1.44 bits per heavy atom. The number of hydrogen-bond acceptors (Lipinski definition) is 3. The third-order valence-electron chi connectivity index (χ3n) is 1.92. The summed E-state index contributed by atoms with van der Waals surface area (Å²) >= 11 is 0. The van der Waals surface area contributed by atoms with Crippen molar-refractivity contribution in [3.8, 4) is 5.75 Å². The monoisotopic (exact) mass is 222 g/mol. The van der Waals surface area contributed by atoms with Crippen LogP contribution in [0.25, 0.3) is 0 Å². The van der Waals surface area contributed by atoms with Crippen LogP contribution in [-0.2, 0) is 0 Å². The maximum atomic E-state index is 5.61. The minimum atomic E-state index is 0.156. The molecule has 0 aliphatic rings. The number of nitrogens with one attached hydrogen (secondary N) is 1. The third-order valence-corrected chi connectivity index (χ3v) is 1.92. The van der Waals surface area contributed by atoms with E-state index < -0.39 is 0 Å². The summed E-state index contributed by atoms with van der Waals surface area (Å²) in [4.78, 5) is 4.06. The number of nitrogens with zero attached hydrogens (tertiary/aromatic N) is 1. The second-order valence-electron chi connectivity index (χ2n) is 3.76. The van der Waals surface area contributed by atoms with Crippen LogP contribution in [0.1, 0.15) is 19.4 Å². The molecule has 0 spiro atoms. The Bertz CT molecular complexity index is 388. The number of hydrogen-bond donors (Lipinski definition) is 3. The van der Waals surface area contributed by atoms with Gasteiger partial charge in [-0.2, -0.15) is 0 Å². The molecule has 1 aromatic rings. The molecule has 88 valence electrons. The predicted octanol–water partition coefficient (Wildman–Crippen LogP) is 1.19. The standard InChI is InChI=1S/C11H18N4O/c1-7(2)16-10-5-4-9(6-8(10)3)14-11(12)15-13/h4-7H,13H2,1-3H3,(H3,12,14,15). The van der Waals surface area contributed by atoms with E-state index in [-0.39, 0.29) is 12.1 Å². The van der Waals surface area contributed by atoms with E-state index in [0.29, 0.717) is 0 Å². The lowest BCUT2D eigenvalue weighted by atomic mass is 10.2. The fraction of sp³-hybridized carbons (Fsp3) is 0.364. The molecule has 0 fully saturated rings. The van der Waals surface area contributed by atoms with E-state index in [1.807, 2.05) is 39.0 Å². The van der Waals surface area contributed by atoms with Crippen LogP contribution in [0.4, 0.5) is 5.69 Å². The van der Waals surface area contributed by atoms with Crippen molar-refractivity contribution in [2.24, 2.45) is 16.6 Å². The van der Waals surface area contributed by atoms with Crippen LogP contribution in [0.2, 0.25) is 0 Å². The fourth-order valence-corrected chi connectivity index (χ4v) is 1.26. The van der Waals surface area contributed by atoms with E-state index in [1.165, 1.54) is 0 Å². The van der Waals surface area contributed by atoms with Crippen LogP contribution in [0.5, 0.6) is 5.75 Å². The fourth-order valence-electron chi connectivity index (χ4n) is 1.26. The van der Waals surface area contributed by atoms with Gasteiger partial charge < -0.3 is 10.5 Å². The van der Waals surface area contributed by atoms with Crippen molar-refractivity contribution in [2.45, 2.75) is 26.9 Å². The molecule has 0 heterocycles. The van der Waals surface area contributed by atoms with Gasteiger partial charge in [0.1, 0.15) is 5.75 Å². The normalized spacial score (nSPS) is 11.7. The van der Waals surface area contributed by atoms with Gasteiger partial charge in [-0.1, -0.05) is 0 Å². The predicted molar refractivity (Wildman–Crippen MR) is 65.5 cm³/mol. The molecule has 1 aromatic carbocycles. The first kappa shape index (κ1) is 12.3. The average Bonchev–Trinajstić information content (AvgIpc) is 2.21. The lowest BCUT2D eigenvalue weighted by molar-refractivity contribution is 0.241. The molecule has 0 atom stereocenters. The molecule has 0 unspecified atom stereocenters. The number of hydrazine groups is 1. The molecule has 0 aliphatic carbocycles. The molecule has 0 aromatic heterocycles. The highest BCUT2D eigenvalue weighted by atomic mass is 16.5. The SMILES string of the molecule is Cc1cc(/N=C(/N)NN)ccc1OC(C)C. The number of benzene rings is 1. The van der Waals surface area contributed by atoms with Crippen LogP contribution >= 0.6 is 0 Å². The quantitative estimate of drug-likeness (QED) is 0.310. The Morgan fingerprint density at radius 3 is 2.62 bits per heavy atom.